The van der Waals surface area contributed by atoms with Gasteiger partial charge in [0.15, 0.2) is 0 Å². The van der Waals surface area contributed by atoms with Gasteiger partial charge in [0.05, 0.1) is 20.1 Å². The lowest BCUT2D eigenvalue weighted by Crippen LogP contribution is -2.33. The highest BCUT2D eigenvalue weighted by atomic mass is 16.5. The van der Waals surface area contributed by atoms with Crippen molar-refractivity contribution in [3.05, 3.63) is 71.8 Å². The summed E-state index contributed by atoms with van der Waals surface area (Å²) in [5, 5.41) is 0. The highest BCUT2D eigenvalue weighted by molar-refractivity contribution is 5.86. The average molecular weight is 353 g/mol. The van der Waals surface area contributed by atoms with Crippen molar-refractivity contribution in [2.24, 2.45) is 5.92 Å². The minimum Gasteiger partial charge on any atom is -0.469 e. The van der Waals surface area contributed by atoms with Gasteiger partial charge >= 0.3 is 5.97 Å². The zero-order valence-corrected chi connectivity index (χ0v) is 15.6. The van der Waals surface area contributed by atoms with Gasteiger partial charge in [-0.25, -0.2) is 0 Å². The second-order valence-electron chi connectivity index (χ2n) is 6.47. The molecular formula is C22H27NO3. The molecule has 2 aromatic rings. The lowest BCUT2D eigenvalue weighted by Gasteiger charge is -2.24. The number of hydrogen-bond acceptors (Lipinski definition) is 4. The number of Topliss-reactive ketones (excluding diaryl/α,β-unsaturated/α-hetero) is 1. The number of hydrogen-bond donors (Lipinski definition) is 0. The van der Waals surface area contributed by atoms with Gasteiger partial charge in [-0.1, -0.05) is 67.6 Å². The first kappa shape index (κ1) is 19.9. The van der Waals surface area contributed by atoms with Crippen molar-refractivity contribution < 1.29 is 14.3 Å². The van der Waals surface area contributed by atoms with E-state index in [1.54, 1.807) is 0 Å². The Labute approximate surface area is 155 Å². The molecule has 0 heterocycles. The van der Waals surface area contributed by atoms with E-state index in [2.05, 4.69) is 29.2 Å². The Balaban J connectivity index is 2.09. The van der Waals surface area contributed by atoms with Crippen molar-refractivity contribution in [1.82, 2.24) is 4.90 Å². The molecule has 2 rings (SSSR count). The molecule has 0 saturated heterocycles. The summed E-state index contributed by atoms with van der Waals surface area (Å²) in [4.78, 5) is 26.5. The molecule has 4 heteroatoms. The molecule has 0 radical (unpaired) electrons. The quantitative estimate of drug-likeness (QED) is 0.609. The van der Waals surface area contributed by atoms with Crippen molar-refractivity contribution in [3.8, 4) is 0 Å². The van der Waals surface area contributed by atoms with Crippen LogP contribution in [0.4, 0.5) is 0 Å². The zero-order chi connectivity index (χ0) is 18.8. The standard InChI is InChI=1S/C22H27NO3/c1-3-20(14-22(25)26-2)21(24)17-23(15-18-10-6-4-7-11-18)16-19-12-8-5-9-13-19/h4-13,20H,3,14-17H2,1-2H3/t20-/m0/s1. The van der Waals surface area contributed by atoms with E-state index >= 15 is 0 Å². The van der Waals surface area contributed by atoms with Crippen LogP contribution in [0.2, 0.25) is 0 Å². The van der Waals surface area contributed by atoms with Crippen LogP contribution in [0.25, 0.3) is 0 Å². The van der Waals surface area contributed by atoms with Gasteiger partial charge in [-0.3, -0.25) is 14.5 Å². The Bertz CT molecular complexity index is 644. The maximum Gasteiger partial charge on any atom is 0.306 e. The Morgan fingerprint density at radius 2 is 1.42 bits per heavy atom. The summed E-state index contributed by atoms with van der Waals surface area (Å²) in [7, 11) is 1.36. The average Bonchev–Trinajstić information content (AvgIpc) is 2.67. The summed E-state index contributed by atoms with van der Waals surface area (Å²) in [5.41, 5.74) is 2.33. The molecule has 0 bridgehead atoms. The lowest BCUT2D eigenvalue weighted by molar-refractivity contribution is -0.144. The third kappa shape index (κ3) is 6.45. The van der Waals surface area contributed by atoms with Crippen LogP contribution in [0.1, 0.15) is 30.9 Å². The molecule has 0 unspecified atom stereocenters. The molecule has 0 N–H and O–H groups in total. The van der Waals surface area contributed by atoms with Gasteiger partial charge in [-0.2, -0.15) is 0 Å². The number of esters is 1. The predicted molar refractivity (Wildman–Crippen MR) is 102 cm³/mol. The Morgan fingerprint density at radius 3 is 1.85 bits per heavy atom. The summed E-state index contributed by atoms with van der Waals surface area (Å²) in [6.07, 6.45) is 0.787. The molecule has 0 aromatic heterocycles. The van der Waals surface area contributed by atoms with E-state index in [9.17, 15) is 9.59 Å². The normalized spacial score (nSPS) is 12.0. The number of methoxy groups -OCH3 is 1. The molecule has 0 amide bonds. The van der Waals surface area contributed by atoms with Crippen LogP contribution in [-0.4, -0.2) is 30.3 Å². The van der Waals surface area contributed by atoms with Crippen LogP contribution in [0.5, 0.6) is 0 Å². The van der Waals surface area contributed by atoms with E-state index in [0.717, 1.165) is 11.1 Å². The largest absolute Gasteiger partial charge is 0.469 e. The monoisotopic (exact) mass is 353 g/mol. The molecule has 0 aliphatic heterocycles. The van der Waals surface area contributed by atoms with E-state index < -0.39 is 0 Å². The molecule has 0 aliphatic carbocycles. The third-order valence-corrected chi connectivity index (χ3v) is 4.47. The van der Waals surface area contributed by atoms with Gasteiger partial charge in [0.1, 0.15) is 5.78 Å². The minimum absolute atomic E-state index is 0.0877. The molecule has 4 nitrogen and oxygen atoms in total. The van der Waals surface area contributed by atoms with Crippen LogP contribution in [0.3, 0.4) is 0 Å². The maximum absolute atomic E-state index is 12.8. The number of ether oxygens (including phenoxy) is 1. The number of ketones is 1. The zero-order valence-electron chi connectivity index (χ0n) is 15.6. The number of nitrogens with zero attached hydrogens (tertiary/aromatic N) is 1. The minimum atomic E-state index is -0.331. The maximum atomic E-state index is 12.8. The summed E-state index contributed by atoms with van der Waals surface area (Å²) < 4.78 is 4.72. The van der Waals surface area contributed by atoms with E-state index in [0.29, 0.717) is 26.1 Å². The Kier molecular flexibility index (Phi) is 8.03. The number of rotatable bonds is 10. The fourth-order valence-corrected chi connectivity index (χ4v) is 2.97. The highest BCUT2D eigenvalue weighted by Crippen LogP contribution is 2.15. The molecule has 138 valence electrons. The van der Waals surface area contributed by atoms with Gasteiger partial charge < -0.3 is 4.74 Å². The molecule has 1 atom stereocenters. The molecule has 0 spiro atoms. The van der Waals surface area contributed by atoms with Crippen LogP contribution >= 0.6 is 0 Å². The fourth-order valence-electron chi connectivity index (χ4n) is 2.97. The van der Waals surface area contributed by atoms with E-state index in [4.69, 9.17) is 4.74 Å². The van der Waals surface area contributed by atoms with Crippen molar-refractivity contribution >= 4 is 11.8 Å². The summed E-state index contributed by atoms with van der Waals surface area (Å²) in [6.45, 7) is 3.63. The summed E-state index contributed by atoms with van der Waals surface area (Å²) >= 11 is 0. The highest BCUT2D eigenvalue weighted by Gasteiger charge is 2.23. The van der Waals surface area contributed by atoms with Crippen molar-refractivity contribution in [2.45, 2.75) is 32.9 Å². The molecule has 0 aliphatic rings. The van der Waals surface area contributed by atoms with Gasteiger partial charge in [-0.15, -0.1) is 0 Å². The number of carbonyl (C=O) groups excluding carboxylic acids is 2. The topological polar surface area (TPSA) is 46.6 Å². The lowest BCUT2D eigenvalue weighted by atomic mass is 9.96. The summed E-state index contributed by atoms with van der Waals surface area (Å²) in [5.74, 6) is -0.538. The SMILES string of the molecule is CC[C@@H](CC(=O)OC)C(=O)CN(Cc1ccccc1)Cc1ccccc1. The second-order valence-corrected chi connectivity index (χ2v) is 6.47. The van der Waals surface area contributed by atoms with E-state index in [1.165, 1.54) is 7.11 Å². The van der Waals surface area contributed by atoms with Crippen LogP contribution in [-0.2, 0) is 27.4 Å². The van der Waals surface area contributed by atoms with Gasteiger partial charge in [-0.05, 0) is 17.5 Å². The van der Waals surface area contributed by atoms with Crippen molar-refractivity contribution in [1.29, 1.82) is 0 Å². The van der Waals surface area contributed by atoms with E-state index in [-0.39, 0.29) is 24.1 Å². The molecule has 0 fully saturated rings. The molecule has 26 heavy (non-hydrogen) atoms. The van der Waals surface area contributed by atoms with Gasteiger partial charge in [0, 0.05) is 19.0 Å². The number of benzene rings is 2. The molecule has 0 saturated carbocycles. The smallest absolute Gasteiger partial charge is 0.306 e. The van der Waals surface area contributed by atoms with E-state index in [1.807, 2.05) is 43.3 Å². The van der Waals surface area contributed by atoms with Crippen LogP contribution in [0.15, 0.2) is 60.7 Å². The Hall–Kier alpha value is -2.46. The third-order valence-electron chi connectivity index (χ3n) is 4.47. The van der Waals surface area contributed by atoms with Gasteiger partial charge in [0.25, 0.3) is 0 Å². The van der Waals surface area contributed by atoms with Crippen LogP contribution in [0, 0.1) is 5.92 Å². The predicted octanol–water partition coefficient (Wildman–Crippen LogP) is 3.85. The second kappa shape index (κ2) is 10.5. The first-order chi connectivity index (χ1) is 12.6. The van der Waals surface area contributed by atoms with Crippen molar-refractivity contribution in [2.75, 3.05) is 13.7 Å². The fraction of sp³-hybridized carbons (Fsp3) is 0.364. The van der Waals surface area contributed by atoms with Gasteiger partial charge in [0.2, 0.25) is 0 Å². The van der Waals surface area contributed by atoms with Crippen molar-refractivity contribution in [3.63, 3.8) is 0 Å². The first-order valence-electron chi connectivity index (χ1n) is 9.02. The molecular weight excluding hydrogens is 326 g/mol. The summed E-state index contributed by atoms with van der Waals surface area (Å²) in [6, 6.07) is 20.2. The first-order valence-corrected chi connectivity index (χ1v) is 9.02. The Morgan fingerprint density at radius 1 is 0.923 bits per heavy atom. The molecule has 2 aromatic carbocycles. The van der Waals surface area contributed by atoms with Crippen LogP contribution < -0.4 is 0 Å². The number of carbonyl (C=O) groups is 2.